The van der Waals surface area contributed by atoms with Crippen LogP contribution in [0.1, 0.15) is 64.9 Å². The molecule has 0 saturated carbocycles. The fraction of sp³-hybridized carbons (Fsp3) is 0.581. The summed E-state index contributed by atoms with van der Waals surface area (Å²) in [6.07, 6.45) is 1.19. The lowest BCUT2D eigenvalue weighted by molar-refractivity contribution is -0.142. The molecule has 2 fully saturated rings. The third-order valence-electron chi connectivity index (χ3n) is 8.48. The first kappa shape index (κ1) is 37.9. The lowest BCUT2D eigenvalue weighted by atomic mass is 9.78. The molecule has 2 heterocycles. The number of hydrogen-bond acceptors (Lipinski definition) is 9. The highest BCUT2D eigenvalue weighted by Crippen LogP contribution is 2.21. The van der Waals surface area contributed by atoms with Gasteiger partial charge in [0.25, 0.3) is 0 Å². The van der Waals surface area contributed by atoms with Gasteiger partial charge in [0, 0.05) is 25.9 Å². The molecule has 0 unspecified atom stereocenters. The number of hydrogen-bond donors (Lipinski definition) is 7. The number of benzene rings is 1. The van der Waals surface area contributed by atoms with Crippen molar-refractivity contribution < 1.29 is 48.7 Å². The van der Waals surface area contributed by atoms with Gasteiger partial charge in [0.1, 0.15) is 30.2 Å². The minimum absolute atomic E-state index is 0.0875. The topological polar surface area (TPSA) is 235 Å². The summed E-state index contributed by atoms with van der Waals surface area (Å²) in [5, 5.41) is 38.4. The predicted molar refractivity (Wildman–Crippen MR) is 171 cm³/mol. The third kappa shape index (κ3) is 10.5. The molecule has 0 radical (unpaired) electrons. The van der Waals surface area contributed by atoms with Crippen LogP contribution in [0, 0.1) is 0 Å². The Kier molecular flexibility index (Phi) is 13.9. The second kappa shape index (κ2) is 17.6. The highest BCUT2D eigenvalue weighted by atomic mass is 16.4. The summed E-state index contributed by atoms with van der Waals surface area (Å²) in [6, 6.07) is 3.74. The standard InChI is InChI=1S/C31H45BN6O10/c1-18(33-25(39)13-14-26(40)41)27(42)34-19(2)30(45)37-15-7-11-23(37)29(44)36-22(17-21-9-5-4-6-10-21)28(43)35-20(3)31(46)38-16-8-12-24(38)32(47)48/h4-6,9-10,18-20,22-24,47-48H,7-8,11-17H2,1-3H3,(H,33,39)(H,34,42)(H,35,43)(H,36,44)(H,40,41)/t18-,19-,20-,22-,23-,24-/m0/s1. The van der Waals surface area contributed by atoms with Crippen LogP contribution in [0.5, 0.6) is 0 Å². The van der Waals surface area contributed by atoms with Crippen molar-refractivity contribution in [1.82, 2.24) is 31.1 Å². The van der Waals surface area contributed by atoms with Gasteiger partial charge in [0.05, 0.1) is 12.4 Å². The Morgan fingerprint density at radius 3 is 1.98 bits per heavy atom. The van der Waals surface area contributed by atoms with Gasteiger partial charge in [0.2, 0.25) is 35.4 Å². The van der Waals surface area contributed by atoms with E-state index < -0.39 is 91.1 Å². The van der Waals surface area contributed by atoms with Crippen molar-refractivity contribution in [3.8, 4) is 0 Å². The van der Waals surface area contributed by atoms with E-state index in [1.165, 1.54) is 30.6 Å². The Balaban J connectivity index is 1.65. The summed E-state index contributed by atoms with van der Waals surface area (Å²) >= 11 is 0. The van der Waals surface area contributed by atoms with Crippen LogP contribution < -0.4 is 21.3 Å². The molecule has 16 nitrogen and oxygen atoms in total. The van der Waals surface area contributed by atoms with E-state index in [4.69, 9.17) is 5.11 Å². The van der Waals surface area contributed by atoms with Gasteiger partial charge < -0.3 is 46.2 Å². The molecule has 0 aromatic heterocycles. The fourth-order valence-electron chi connectivity index (χ4n) is 5.88. The zero-order valence-electron chi connectivity index (χ0n) is 27.4. The number of nitrogens with zero attached hydrogens (tertiary/aromatic N) is 2. The number of carbonyl (C=O) groups is 7. The molecule has 6 atom stereocenters. The van der Waals surface area contributed by atoms with Crippen molar-refractivity contribution >= 4 is 48.5 Å². The molecule has 0 aliphatic carbocycles. The molecule has 2 saturated heterocycles. The summed E-state index contributed by atoms with van der Waals surface area (Å²) in [5.74, 6) is -5.48. The quantitative estimate of drug-likeness (QED) is 0.102. The number of carboxylic acids is 1. The average molecular weight is 673 g/mol. The predicted octanol–water partition coefficient (Wildman–Crippen LogP) is -1.91. The maximum atomic E-state index is 13.6. The monoisotopic (exact) mass is 672 g/mol. The van der Waals surface area contributed by atoms with Gasteiger partial charge in [-0.25, -0.2) is 0 Å². The van der Waals surface area contributed by atoms with E-state index in [9.17, 15) is 43.6 Å². The molecule has 48 heavy (non-hydrogen) atoms. The Bertz CT molecular complexity index is 1350. The van der Waals surface area contributed by atoms with Crippen LogP contribution in [0.2, 0.25) is 0 Å². The summed E-state index contributed by atoms with van der Waals surface area (Å²) in [7, 11) is -1.71. The second-order valence-corrected chi connectivity index (χ2v) is 12.2. The van der Waals surface area contributed by atoms with Crippen LogP contribution in [0.3, 0.4) is 0 Å². The lowest BCUT2D eigenvalue weighted by Crippen LogP contribution is -2.59. The van der Waals surface area contributed by atoms with E-state index in [2.05, 4.69) is 21.3 Å². The molecule has 6 amide bonds. The van der Waals surface area contributed by atoms with E-state index in [0.717, 1.165) is 5.56 Å². The van der Waals surface area contributed by atoms with Crippen LogP contribution >= 0.6 is 0 Å². The van der Waals surface area contributed by atoms with E-state index in [0.29, 0.717) is 32.2 Å². The van der Waals surface area contributed by atoms with E-state index >= 15 is 0 Å². The van der Waals surface area contributed by atoms with Crippen LogP contribution in [-0.4, -0.2) is 123 Å². The van der Waals surface area contributed by atoms with Crippen molar-refractivity contribution in [2.75, 3.05) is 13.1 Å². The molecule has 3 rings (SSSR count). The Hall–Kier alpha value is -4.51. The Labute approximate surface area is 279 Å². The molecular formula is C31H45BN6O10. The number of amides is 6. The first-order chi connectivity index (χ1) is 22.7. The van der Waals surface area contributed by atoms with E-state index in [-0.39, 0.29) is 19.4 Å². The highest BCUT2D eigenvalue weighted by Gasteiger charge is 2.40. The van der Waals surface area contributed by atoms with Crippen molar-refractivity contribution in [2.24, 2.45) is 0 Å². The van der Waals surface area contributed by atoms with Crippen LogP contribution in [0.25, 0.3) is 0 Å². The lowest BCUT2D eigenvalue weighted by Gasteiger charge is -2.30. The van der Waals surface area contributed by atoms with E-state index in [1.807, 2.05) is 0 Å². The normalized spacial score (nSPS) is 19.8. The molecular weight excluding hydrogens is 627 g/mol. The van der Waals surface area contributed by atoms with Gasteiger partial charge >= 0.3 is 13.1 Å². The number of rotatable bonds is 15. The fourth-order valence-corrected chi connectivity index (χ4v) is 5.88. The molecule has 2 aliphatic heterocycles. The molecule has 17 heteroatoms. The number of likely N-dealkylation sites (tertiary alicyclic amines) is 2. The molecule has 0 bridgehead atoms. The SMILES string of the molecule is C[C@H](NC(=O)CCC(=O)O)C(=O)N[C@@H](C)C(=O)N1CCC[C@H]1C(=O)N[C@@H](Cc1ccccc1)C(=O)N[C@@H](C)C(=O)N1CCC[C@H]1B(O)O. The van der Waals surface area contributed by atoms with Gasteiger partial charge in [-0.05, 0) is 52.0 Å². The first-order valence-electron chi connectivity index (χ1n) is 16.1. The summed E-state index contributed by atoms with van der Waals surface area (Å²) in [6.45, 7) is 4.86. The van der Waals surface area contributed by atoms with Gasteiger partial charge in [-0.3, -0.25) is 33.6 Å². The maximum Gasteiger partial charge on any atom is 0.475 e. The van der Waals surface area contributed by atoms with Gasteiger partial charge in [-0.2, -0.15) is 0 Å². The Morgan fingerprint density at radius 1 is 0.771 bits per heavy atom. The van der Waals surface area contributed by atoms with Gasteiger partial charge in [-0.1, -0.05) is 30.3 Å². The molecule has 1 aromatic rings. The maximum absolute atomic E-state index is 13.6. The average Bonchev–Trinajstić information content (AvgIpc) is 3.74. The van der Waals surface area contributed by atoms with Crippen molar-refractivity contribution in [1.29, 1.82) is 0 Å². The summed E-state index contributed by atoms with van der Waals surface area (Å²) < 4.78 is 0. The smallest absolute Gasteiger partial charge is 0.475 e. The number of carbonyl (C=O) groups excluding carboxylic acids is 6. The highest BCUT2D eigenvalue weighted by molar-refractivity contribution is 6.43. The zero-order valence-corrected chi connectivity index (χ0v) is 27.4. The molecule has 2 aliphatic rings. The summed E-state index contributed by atoms with van der Waals surface area (Å²) in [4.78, 5) is 91.5. The molecule has 0 spiro atoms. The largest absolute Gasteiger partial charge is 0.481 e. The number of carboxylic acid groups (broad SMARTS) is 1. The minimum Gasteiger partial charge on any atom is -0.481 e. The number of nitrogens with one attached hydrogen (secondary N) is 4. The molecule has 262 valence electrons. The molecule has 7 N–H and O–H groups in total. The second-order valence-electron chi connectivity index (χ2n) is 12.2. The van der Waals surface area contributed by atoms with Crippen LogP contribution in [0.4, 0.5) is 0 Å². The van der Waals surface area contributed by atoms with Crippen molar-refractivity contribution in [3.63, 3.8) is 0 Å². The van der Waals surface area contributed by atoms with Crippen LogP contribution in [-0.2, 0) is 40.0 Å². The van der Waals surface area contributed by atoms with Gasteiger partial charge in [-0.15, -0.1) is 0 Å². The Morgan fingerprint density at radius 2 is 1.35 bits per heavy atom. The molecule has 1 aromatic carbocycles. The van der Waals surface area contributed by atoms with Gasteiger partial charge in [0.15, 0.2) is 0 Å². The zero-order chi connectivity index (χ0) is 35.5. The van der Waals surface area contributed by atoms with E-state index in [1.54, 1.807) is 30.3 Å². The number of aliphatic carboxylic acids is 1. The summed E-state index contributed by atoms with van der Waals surface area (Å²) in [5.41, 5.74) is 0.736. The third-order valence-corrected chi connectivity index (χ3v) is 8.48. The minimum atomic E-state index is -1.71. The van der Waals surface area contributed by atoms with Crippen molar-refractivity contribution in [3.05, 3.63) is 35.9 Å². The first-order valence-corrected chi connectivity index (χ1v) is 16.1. The van der Waals surface area contributed by atoms with Crippen molar-refractivity contribution in [2.45, 2.75) is 102 Å². The van der Waals surface area contributed by atoms with Crippen LogP contribution in [0.15, 0.2) is 30.3 Å².